The molecule has 0 atom stereocenters. The van der Waals surface area contributed by atoms with Crippen LogP contribution >= 0.6 is 11.6 Å². The van der Waals surface area contributed by atoms with Crippen LogP contribution in [0.3, 0.4) is 0 Å². The molecule has 0 bridgehead atoms. The topological polar surface area (TPSA) is 58.1 Å². The lowest BCUT2D eigenvalue weighted by Crippen LogP contribution is -2.29. The van der Waals surface area contributed by atoms with Crippen LogP contribution in [0.5, 0.6) is 0 Å². The number of benzene rings is 1. The Labute approximate surface area is 121 Å². The van der Waals surface area contributed by atoms with Gasteiger partial charge in [-0.3, -0.25) is 4.79 Å². The number of carbonyl (C=O) groups excluding carboxylic acids is 1. The van der Waals surface area contributed by atoms with Crippen LogP contribution in [0.4, 0.5) is 17.5 Å². The van der Waals surface area contributed by atoms with Crippen molar-refractivity contribution in [2.24, 2.45) is 0 Å². The van der Waals surface area contributed by atoms with E-state index in [1.165, 1.54) is 0 Å². The Morgan fingerprint density at radius 1 is 1.40 bits per heavy atom. The van der Waals surface area contributed by atoms with Crippen molar-refractivity contribution in [3.05, 3.63) is 41.0 Å². The van der Waals surface area contributed by atoms with E-state index in [-0.39, 0.29) is 5.78 Å². The Hall–Kier alpha value is -2.14. The van der Waals surface area contributed by atoms with E-state index in [9.17, 15) is 4.79 Å². The third-order valence-corrected chi connectivity index (χ3v) is 3.42. The van der Waals surface area contributed by atoms with E-state index < -0.39 is 0 Å². The van der Waals surface area contributed by atoms with Crippen LogP contribution in [0, 0.1) is 0 Å². The van der Waals surface area contributed by atoms with E-state index in [0.717, 1.165) is 5.69 Å². The molecular formula is C14H13ClN4O. The third-order valence-electron chi connectivity index (χ3n) is 3.19. The van der Waals surface area contributed by atoms with Gasteiger partial charge < -0.3 is 10.2 Å². The average molecular weight is 289 g/mol. The van der Waals surface area contributed by atoms with Gasteiger partial charge in [0, 0.05) is 36.9 Å². The van der Waals surface area contributed by atoms with Crippen LogP contribution in [0.2, 0.25) is 5.02 Å². The second kappa shape index (κ2) is 5.09. The zero-order valence-electron chi connectivity index (χ0n) is 10.9. The molecule has 1 aromatic heterocycles. The van der Waals surface area contributed by atoms with Gasteiger partial charge in [-0.25, -0.2) is 4.98 Å². The molecular weight excluding hydrogens is 276 g/mol. The first-order valence-corrected chi connectivity index (χ1v) is 6.65. The SMILES string of the molecule is CN1CCC(=O)c2cnc(Nc3cccc(Cl)c3)nc21. The summed E-state index contributed by atoms with van der Waals surface area (Å²) in [6, 6.07) is 7.31. The quantitative estimate of drug-likeness (QED) is 0.921. The fourth-order valence-corrected chi connectivity index (χ4v) is 2.32. The van der Waals surface area contributed by atoms with Gasteiger partial charge in [0.15, 0.2) is 5.78 Å². The molecule has 6 heteroatoms. The minimum atomic E-state index is 0.0902. The molecule has 0 saturated carbocycles. The highest BCUT2D eigenvalue weighted by Gasteiger charge is 2.23. The van der Waals surface area contributed by atoms with Crippen LogP contribution in [-0.4, -0.2) is 29.3 Å². The highest BCUT2D eigenvalue weighted by atomic mass is 35.5. The number of nitrogens with one attached hydrogen (secondary N) is 1. The summed E-state index contributed by atoms with van der Waals surface area (Å²) in [5, 5.41) is 3.72. The summed E-state index contributed by atoms with van der Waals surface area (Å²) in [5.74, 6) is 1.21. The molecule has 0 aliphatic carbocycles. The lowest BCUT2D eigenvalue weighted by molar-refractivity contribution is 0.0979. The smallest absolute Gasteiger partial charge is 0.229 e. The summed E-state index contributed by atoms with van der Waals surface area (Å²) in [7, 11) is 1.92. The number of Topliss-reactive ketones (excluding diaryl/α,β-unsaturated/α-hetero) is 1. The van der Waals surface area contributed by atoms with E-state index in [0.29, 0.717) is 35.3 Å². The molecule has 102 valence electrons. The number of hydrogen-bond donors (Lipinski definition) is 1. The van der Waals surface area contributed by atoms with Crippen molar-refractivity contribution in [2.75, 3.05) is 23.8 Å². The van der Waals surface area contributed by atoms with Gasteiger partial charge in [0.1, 0.15) is 5.82 Å². The van der Waals surface area contributed by atoms with E-state index >= 15 is 0 Å². The van der Waals surface area contributed by atoms with Crippen molar-refractivity contribution >= 4 is 34.8 Å². The Morgan fingerprint density at radius 2 is 2.25 bits per heavy atom. The lowest BCUT2D eigenvalue weighted by atomic mass is 10.1. The maximum atomic E-state index is 11.8. The monoisotopic (exact) mass is 288 g/mol. The molecule has 0 unspecified atom stereocenters. The van der Waals surface area contributed by atoms with Crippen molar-refractivity contribution in [2.45, 2.75) is 6.42 Å². The first-order chi connectivity index (χ1) is 9.63. The number of anilines is 3. The van der Waals surface area contributed by atoms with Crippen LogP contribution in [-0.2, 0) is 0 Å². The molecule has 2 heterocycles. The lowest BCUT2D eigenvalue weighted by Gasteiger charge is -2.25. The standard InChI is InChI=1S/C14H13ClN4O/c1-19-6-5-12(20)11-8-16-14(18-13(11)19)17-10-4-2-3-9(15)7-10/h2-4,7-8H,5-6H2,1H3,(H,16,17,18). The van der Waals surface area contributed by atoms with Crippen LogP contribution in [0.15, 0.2) is 30.5 Å². The van der Waals surface area contributed by atoms with Gasteiger partial charge in [-0.2, -0.15) is 4.98 Å². The van der Waals surface area contributed by atoms with Gasteiger partial charge in [0.05, 0.1) is 5.56 Å². The second-order valence-corrected chi connectivity index (χ2v) is 5.10. The summed E-state index contributed by atoms with van der Waals surface area (Å²) in [4.78, 5) is 22.4. The molecule has 1 N–H and O–H groups in total. The minimum absolute atomic E-state index is 0.0902. The number of nitrogens with zero attached hydrogens (tertiary/aromatic N) is 3. The average Bonchev–Trinajstić information content (AvgIpc) is 2.43. The molecule has 1 aromatic carbocycles. The Bertz CT molecular complexity index is 674. The molecule has 2 aromatic rings. The summed E-state index contributed by atoms with van der Waals surface area (Å²) in [6.45, 7) is 0.680. The first kappa shape index (κ1) is 12.9. The van der Waals surface area contributed by atoms with Gasteiger partial charge in [-0.1, -0.05) is 17.7 Å². The van der Waals surface area contributed by atoms with Gasteiger partial charge in [0.2, 0.25) is 5.95 Å². The minimum Gasteiger partial charge on any atom is -0.358 e. The molecule has 20 heavy (non-hydrogen) atoms. The summed E-state index contributed by atoms with van der Waals surface area (Å²) in [6.07, 6.45) is 2.08. The Balaban J connectivity index is 1.92. The number of rotatable bonds is 2. The molecule has 5 nitrogen and oxygen atoms in total. The molecule has 0 radical (unpaired) electrons. The van der Waals surface area contributed by atoms with Crippen LogP contribution in [0.1, 0.15) is 16.8 Å². The van der Waals surface area contributed by atoms with Crippen molar-refractivity contribution < 1.29 is 4.79 Å². The summed E-state index contributed by atoms with van der Waals surface area (Å²) >= 11 is 5.94. The van der Waals surface area contributed by atoms with Crippen molar-refractivity contribution in [1.82, 2.24) is 9.97 Å². The summed E-state index contributed by atoms with van der Waals surface area (Å²) in [5.41, 5.74) is 1.39. The van der Waals surface area contributed by atoms with Gasteiger partial charge >= 0.3 is 0 Å². The molecule has 0 amide bonds. The molecule has 1 aliphatic rings. The Kier molecular flexibility index (Phi) is 3.28. The van der Waals surface area contributed by atoms with E-state index in [1.54, 1.807) is 18.3 Å². The zero-order valence-corrected chi connectivity index (χ0v) is 11.7. The van der Waals surface area contributed by atoms with Gasteiger partial charge in [0.25, 0.3) is 0 Å². The zero-order chi connectivity index (χ0) is 14.1. The normalized spacial score (nSPS) is 14.1. The molecule has 1 aliphatic heterocycles. The molecule has 0 saturated heterocycles. The van der Waals surface area contributed by atoms with E-state index in [2.05, 4.69) is 15.3 Å². The number of fused-ring (bicyclic) bond motifs is 1. The fraction of sp³-hybridized carbons (Fsp3) is 0.214. The molecule has 0 fully saturated rings. The number of ketones is 1. The number of aromatic nitrogens is 2. The van der Waals surface area contributed by atoms with Crippen LogP contribution < -0.4 is 10.2 Å². The van der Waals surface area contributed by atoms with Gasteiger partial charge in [-0.15, -0.1) is 0 Å². The molecule has 3 rings (SSSR count). The predicted octanol–water partition coefficient (Wildman–Crippen LogP) is 2.90. The highest BCUT2D eigenvalue weighted by Crippen LogP contribution is 2.25. The fourth-order valence-electron chi connectivity index (χ4n) is 2.13. The maximum Gasteiger partial charge on any atom is 0.229 e. The van der Waals surface area contributed by atoms with E-state index in [4.69, 9.17) is 11.6 Å². The first-order valence-electron chi connectivity index (χ1n) is 6.27. The number of carbonyl (C=O) groups is 1. The van der Waals surface area contributed by atoms with E-state index in [1.807, 2.05) is 24.1 Å². The number of hydrogen-bond acceptors (Lipinski definition) is 5. The molecule has 0 spiro atoms. The predicted molar refractivity (Wildman–Crippen MR) is 79.0 cm³/mol. The highest BCUT2D eigenvalue weighted by molar-refractivity contribution is 6.30. The second-order valence-electron chi connectivity index (χ2n) is 4.66. The van der Waals surface area contributed by atoms with Crippen molar-refractivity contribution in [1.29, 1.82) is 0 Å². The van der Waals surface area contributed by atoms with Crippen LogP contribution in [0.25, 0.3) is 0 Å². The van der Waals surface area contributed by atoms with Crippen molar-refractivity contribution in [3.63, 3.8) is 0 Å². The maximum absolute atomic E-state index is 11.8. The van der Waals surface area contributed by atoms with Gasteiger partial charge in [-0.05, 0) is 18.2 Å². The van der Waals surface area contributed by atoms with Crippen molar-refractivity contribution in [3.8, 4) is 0 Å². The summed E-state index contributed by atoms with van der Waals surface area (Å²) < 4.78 is 0. The largest absolute Gasteiger partial charge is 0.358 e. The third kappa shape index (κ3) is 2.44. The Morgan fingerprint density at radius 3 is 3.05 bits per heavy atom. The number of halogens is 1.